The van der Waals surface area contributed by atoms with Gasteiger partial charge in [-0.25, -0.2) is 8.78 Å². The van der Waals surface area contributed by atoms with Crippen LogP contribution in [-0.4, -0.2) is 5.97 Å². The number of esters is 1. The van der Waals surface area contributed by atoms with E-state index < -0.39 is 23.5 Å². The summed E-state index contributed by atoms with van der Waals surface area (Å²) in [6, 6.07) is 9.94. The van der Waals surface area contributed by atoms with Crippen molar-refractivity contribution in [3.8, 4) is 0 Å². The van der Waals surface area contributed by atoms with E-state index in [-0.39, 0.29) is 12.2 Å². The third-order valence-corrected chi connectivity index (χ3v) is 3.07. The molecule has 0 spiro atoms. The molecule has 0 radical (unpaired) electrons. The molecule has 0 fully saturated rings. The number of nitrogen functional groups attached to an aromatic ring is 1. The van der Waals surface area contributed by atoms with Gasteiger partial charge in [-0.05, 0) is 42.3 Å². The quantitative estimate of drug-likeness (QED) is 0.694. The number of carbonyl (C=O) groups excluding carboxylic acids is 1. The lowest BCUT2D eigenvalue weighted by atomic mass is 10.0. The molecule has 5 heteroatoms. The lowest BCUT2D eigenvalue weighted by Gasteiger charge is -2.12. The second-order valence-corrected chi connectivity index (χ2v) is 4.78. The highest BCUT2D eigenvalue weighted by Crippen LogP contribution is 2.20. The molecule has 1 atom stereocenters. The number of benzene rings is 2. The summed E-state index contributed by atoms with van der Waals surface area (Å²) in [6.45, 7) is 1.50. The monoisotopic (exact) mass is 291 g/mol. The fraction of sp³-hybridized carbons (Fsp3) is 0.188. The van der Waals surface area contributed by atoms with Gasteiger partial charge in [-0.3, -0.25) is 4.79 Å². The first-order valence-electron chi connectivity index (χ1n) is 6.43. The Hall–Kier alpha value is -2.43. The van der Waals surface area contributed by atoms with Gasteiger partial charge < -0.3 is 10.5 Å². The lowest BCUT2D eigenvalue weighted by molar-refractivity contribution is -0.146. The van der Waals surface area contributed by atoms with E-state index in [9.17, 15) is 13.6 Å². The van der Waals surface area contributed by atoms with Gasteiger partial charge in [0.05, 0.1) is 5.92 Å². The normalized spacial score (nSPS) is 12.0. The van der Waals surface area contributed by atoms with E-state index in [0.717, 1.165) is 23.8 Å². The molecule has 0 aromatic heterocycles. The molecule has 0 amide bonds. The highest BCUT2D eigenvalue weighted by Gasteiger charge is 2.17. The Kier molecular flexibility index (Phi) is 4.52. The van der Waals surface area contributed by atoms with Gasteiger partial charge >= 0.3 is 5.97 Å². The standard InChI is InChI=1S/C16H15F2NO2/c1-10(12-3-2-4-15(19)7-12)16(20)21-9-11-5-13(17)8-14(18)6-11/h2-8,10H,9,19H2,1H3. The maximum absolute atomic E-state index is 13.0. The molecule has 0 aliphatic carbocycles. The highest BCUT2D eigenvalue weighted by molar-refractivity contribution is 5.78. The smallest absolute Gasteiger partial charge is 0.313 e. The summed E-state index contributed by atoms with van der Waals surface area (Å²) in [4.78, 5) is 11.9. The van der Waals surface area contributed by atoms with Crippen LogP contribution in [0.15, 0.2) is 42.5 Å². The van der Waals surface area contributed by atoms with Gasteiger partial charge in [0, 0.05) is 11.8 Å². The van der Waals surface area contributed by atoms with Crippen LogP contribution in [0.25, 0.3) is 0 Å². The molecule has 2 N–H and O–H groups in total. The van der Waals surface area contributed by atoms with Gasteiger partial charge in [0.2, 0.25) is 0 Å². The molecule has 2 aromatic rings. The highest BCUT2D eigenvalue weighted by atomic mass is 19.1. The van der Waals surface area contributed by atoms with Gasteiger partial charge in [0.25, 0.3) is 0 Å². The van der Waals surface area contributed by atoms with Crippen molar-refractivity contribution in [2.45, 2.75) is 19.4 Å². The number of halogens is 2. The van der Waals surface area contributed by atoms with Crippen LogP contribution >= 0.6 is 0 Å². The first-order valence-corrected chi connectivity index (χ1v) is 6.43. The fourth-order valence-electron chi connectivity index (χ4n) is 1.94. The SMILES string of the molecule is CC(C(=O)OCc1cc(F)cc(F)c1)c1cccc(N)c1. The van der Waals surface area contributed by atoms with Crippen molar-refractivity contribution in [1.29, 1.82) is 0 Å². The predicted molar refractivity (Wildman–Crippen MR) is 75.4 cm³/mol. The van der Waals surface area contributed by atoms with E-state index in [1.54, 1.807) is 31.2 Å². The van der Waals surface area contributed by atoms with Crippen LogP contribution in [-0.2, 0) is 16.1 Å². The molecule has 0 saturated heterocycles. The van der Waals surface area contributed by atoms with E-state index in [1.807, 2.05) is 0 Å². The zero-order valence-corrected chi connectivity index (χ0v) is 11.5. The topological polar surface area (TPSA) is 52.3 Å². The Morgan fingerprint density at radius 1 is 1.19 bits per heavy atom. The van der Waals surface area contributed by atoms with E-state index in [0.29, 0.717) is 5.69 Å². The van der Waals surface area contributed by atoms with E-state index >= 15 is 0 Å². The maximum atomic E-state index is 13.0. The van der Waals surface area contributed by atoms with Crippen LogP contribution in [0, 0.1) is 11.6 Å². The molecule has 21 heavy (non-hydrogen) atoms. The van der Waals surface area contributed by atoms with Crippen LogP contribution in [0.3, 0.4) is 0 Å². The molecule has 2 aromatic carbocycles. The van der Waals surface area contributed by atoms with Crippen molar-refractivity contribution in [2.24, 2.45) is 0 Å². The largest absolute Gasteiger partial charge is 0.460 e. The number of carbonyl (C=O) groups is 1. The number of hydrogen-bond donors (Lipinski definition) is 1. The number of hydrogen-bond acceptors (Lipinski definition) is 3. The van der Waals surface area contributed by atoms with E-state index in [4.69, 9.17) is 10.5 Å². The van der Waals surface area contributed by atoms with Crippen LogP contribution in [0.4, 0.5) is 14.5 Å². The minimum atomic E-state index is -0.704. The second kappa shape index (κ2) is 6.35. The average molecular weight is 291 g/mol. The minimum absolute atomic E-state index is 0.180. The van der Waals surface area contributed by atoms with Crippen LogP contribution in [0.5, 0.6) is 0 Å². The minimum Gasteiger partial charge on any atom is -0.460 e. The molecule has 0 aliphatic rings. The van der Waals surface area contributed by atoms with E-state index in [1.165, 1.54) is 0 Å². The van der Waals surface area contributed by atoms with Crippen LogP contribution in [0.2, 0.25) is 0 Å². The Labute approximate surface area is 121 Å². The summed E-state index contributed by atoms with van der Waals surface area (Å²) in [5.74, 6) is -2.40. The van der Waals surface area contributed by atoms with Crippen molar-refractivity contribution in [1.82, 2.24) is 0 Å². The van der Waals surface area contributed by atoms with Gasteiger partial charge in [-0.15, -0.1) is 0 Å². The third kappa shape index (κ3) is 4.02. The van der Waals surface area contributed by atoms with Crippen molar-refractivity contribution in [3.05, 3.63) is 65.2 Å². The van der Waals surface area contributed by atoms with Gasteiger partial charge in [0.15, 0.2) is 0 Å². The zero-order valence-electron chi connectivity index (χ0n) is 11.5. The van der Waals surface area contributed by atoms with E-state index in [2.05, 4.69) is 0 Å². The average Bonchev–Trinajstić information content (AvgIpc) is 2.43. The molecule has 1 unspecified atom stereocenters. The molecular weight excluding hydrogens is 276 g/mol. The van der Waals surface area contributed by atoms with Crippen LogP contribution in [0.1, 0.15) is 24.0 Å². The Balaban J connectivity index is 2.01. The summed E-state index contributed by atoms with van der Waals surface area (Å²) < 4.78 is 31.1. The molecular formula is C16H15F2NO2. The first-order chi connectivity index (χ1) is 9.95. The second-order valence-electron chi connectivity index (χ2n) is 4.78. The maximum Gasteiger partial charge on any atom is 0.313 e. The van der Waals surface area contributed by atoms with Crippen molar-refractivity contribution < 1.29 is 18.3 Å². The molecule has 3 nitrogen and oxygen atoms in total. The van der Waals surface area contributed by atoms with Gasteiger partial charge in [-0.1, -0.05) is 12.1 Å². The molecule has 110 valence electrons. The number of nitrogens with two attached hydrogens (primary N) is 1. The first kappa shape index (κ1) is 15.0. The summed E-state index contributed by atoms with van der Waals surface area (Å²) >= 11 is 0. The fourth-order valence-corrected chi connectivity index (χ4v) is 1.94. The summed E-state index contributed by atoms with van der Waals surface area (Å²) in [5, 5.41) is 0. The van der Waals surface area contributed by atoms with Crippen molar-refractivity contribution >= 4 is 11.7 Å². The van der Waals surface area contributed by atoms with Crippen molar-refractivity contribution in [2.75, 3.05) is 5.73 Å². The zero-order chi connectivity index (χ0) is 15.4. The Morgan fingerprint density at radius 2 is 1.86 bits per heavy atom. The molecule has 0 bridgehead atoms. The summed E-state index contributed by atoms with van der Waals surface area (Å²) in [6.07, 6.45) is 0. The number of rotatable bonds is 4. The molecule has 2 rings (SSSR count). The molecule has 0 aliphatic heterocycles. The lowest BCUT2D eigenvalue weighted by Crippen LogP contribution is -2.13. The molecule has 0 saturated carbocycles. The van der Waals surface area contributed by atoms with Crippen molar-refractivity contribution in [3.63, 3.8) is 0 Å². The van der Waals surface area contributed by atoms with Gasteiger partial charge in [0.1, 0.15) is 18.2 Å². The molecule has 0 heterocycles. The van der Waals surface area contributed by atoms with Gasteiger partial charge in [-0.2, -0.15) is 0 Å². The summed E-state index contributed by atoms with van der Waals surface area (Å²) in [5.41, 5.74) is 7.21. The Morgan fingerprint density at radius 3 is 2.48 bits per heavy atom. The summed E-state index contributed by atoms with van der Waals surface area (Å²) in [7, 11) is 0. The van der Waals surface area contributed by atoms with Crippen LogP contribution < -0.4 is 5.73 Å². The predicted octanol–water partition coefficient (Wildman–Crippen LogP) is 3.39. The third-order valence-electron chi connectivity index (χ3n) is 3.07. The number of ether oxygens (including phenoxy) is 1. The Bertz CT molecular complexity index is 638. The number of anilines is 1.